The van der Waals surface area contributed by atoms with E-state index in [1.54, 1.807) is 0 Å². The summed E-state index contributed by atoms with van der Waals surface area (Å²) in [6.07, 6.45) is 15.3. The lowest BCUT2D eigenvalue weighted by atomic mass is 10.1. The van der Waals surface area contributed by atoms with Crippen molar-refractivity contribution in [2.45, 2.75) is 78.1 Å². The maximum absolute atomic E-state index is 3.45. The zero-order chi connectivity index (χ0) is 17.9. The number of unbranched alkanes of at least 4 members (excludes halogenated alkanes) is 6. The third-order valence-electron chi connectivity index (χ3n) is 4.57. The van der Waals surface area contributed by atoms with E-state index in [4.69, 9.17) is 0 Å². The van der Waals surface area contributed by atoms with Crippen molar-refractivity contribution in [1.29, 1.82) is 0 Å². The van der Waals surface area contributed by atoms with Crippen molar-refractivity contribution in [1.82, 2.24) is 0 Å². The van der Waals surface area contributed by atoms with Gasteiger partial charge in [-0.25, -0.2) is 0 Å². The molecule has 0 radical (unpaired) electrons. The molecule has 0 aliphatic heterocycles. The van der Waals surface area contributed by atoms with Crippen molar-refractivity contribution in [2.24, 2.45) is 0 Å². The average Bonchev–Trinajstić information content (AvgIpc) is 3.23. The van der Waals surface area contributed by atoms with E-state index in [2.05, 4.69) is 53.4 Å². The molecule has 2 heterocycles. The van der Waals surface area contributed by atoms with E-state index in [1.807, 2.05) is 27.7 Å². The van der Waals surface area contributed by atoms with E-state index >= 15 is 0 Å². The Kier molecular flexibility index (Phi) is 10.1. The van der Waals surface area contributed by atoms with Crippen LogP contribution >= 0.6 is 38.6 Å². The van der Waals surface area contributed by atoms with Crippen molar-refractivity contribution in [3.63, 3.8) is 0 Å². The number of hydrogen-bond acceptors (Lipinski definition) is 2. The number of rotatable bonds is 12. The second kappa shape index (κ2) is 12.1. The van der Waals surface area contributed by atoms with Gasteiger partial charge in [0, 0.05) is 14.6 Å². The lowest BCUT2D eigenvalue weighted by Crippen LogP contribution is -1.85. The molecule has 25 heavy (non-hydrogen) atoms. The third kappa shape index (κ3) is 7.03. The first-order valence-corrected chi connectivity index (χ1v) is 12.4. The Labute approximate surface area is 170 Å². The van der Waals surface area contributed by atoms with Crippen LogP contribution in [-0.4, -0.2) is 0 Å². The first-order chi connectivity index (χ1) is 12.3. The molecule has 0 nitrogen and oxygen atoms in total. The lowest BCUT2D eigenvalue weighted by Gasteiger charge is -1.99. The predicted molar refractivity (Wildman–Crippen MR) is 121 cm³/mol. The molecule has 0 spiro atoms. The van der Waals surface area contributed by atoms with Gasteiger partial charge in [0.25, 0.3) is 0 Å². The Hall–Kier alpha value is -0.380. The number of hydrogen-bond donors (Lipinski definition) is 0. The van der Waals surface area contributed by atoms with Gasteiger partial charge in [0.05, 0.1) is 0 Å². The van der Waals surface area contributed by atoms with Crippen molar-refractivity contribution in [3.05, 3.63) is 38.5 Å². The molecule has 2 aromatic heterocycles. The molecule has 0 bridgehead atoms. The fraction of sp³-hybridized carbons (Fsp3) is 0.545. The Morgan fingerprint density at radius 3 is 2.28 bits per heavy atom. The quantitative estimate of drug-likeness (QED) is 0.289. The molecular formula is C22H31BrS2. The van der Waals surface area contributed by atoms with E-state index in [0.29, 0.717) is 0 Å². The van der Waals surface area contributed by atoms with Gasteiger partial charge < -0.3 is 0 Å². The van der Waals surface area contributed by atoms with Crippen molar-refractivity contribution >= 4 is 44.7 Å². The Morgan fingerprint density at radius 2 is 1.60 bits per heavy atom. The third-order valence-corrected chi connectivity index (χ3v) is 7.15. The van der Waals surface area contributed by atoms with Crippen LogP contribution in [0, 0.1) is 0 Å². The van der Waals surface area contributed by atoms with Gasteiger partial charge in [-0.2, -0.15) is 0 Å². The summed E-state index contributed by atoms with van der Waals surface area (Å²) in [6, 6.07) is 4.86. The van der Waals surface area contributed by atoms with E-state index in [9.17, 15) is 0 Å². The summed E-state index contributed by atoms with van der Waals surface area (Å²) < 4.78 is 0. The van der Waals surface area contributed by atoms with Gasteiger partial charge in [0.2, 0.25) is 0 Å². The van der Waals surface area contributed by atoms with Gasteiger partial charge in [-0.3, -0.25) is 0 Å². The maximum Gasteiger partial charge on any atom is 0.0451 e. The minimum absolute atomic E-state index is 1.21. The molecule has 3 heteroatoms. The maximum atomic E-state index is 3.45. The minimum atomic E-state index is 1.21. The Balaban J connectivity index is 2.02. The number of aryl methyl sites for hydroxylation is 2. The number of halogens is 1. The topological polar surface area (TPSA) is 0 Å². The first-order valence-electron chi connectivity index (χ1n) is 9.75. The molecule has 0 aromatic carbocycles. The molecular weight excluding hydrogens is 408 g/mol. The lowest BCUT2D eigenvalue weighted by molar-refractivity contribution is 0.667. The van der Waals surface area contributed by atoms with Gasteiger partial charge in [-0.1, -0.05) is 68.3 Å². The predicted octanol–water partition coefficient (Wildman–Crippen LogP) is 9.09. The van der Waals surface area contributed by atoms with Crippen LogP contribution in [0.4, 0.5) is 0 Å². The van der Waals surface area contributed by atoms with Gasteiger partial charge in [0.1, 0.15) is 0 Å². The minimum Gasteiger partial charge on any atom is -0.143 e. The van der Waals surface area contributed by atoms with Crippen molar-refractivity contribution in [2.75, 3.05) is 0 Å². The highest BCUT2D eigenvalue weighted by Crippen LogP contribution is 2.37. The Morgan fingerprint density at radius 1 is 0.880 bits per heavy atom. The molecule has 0 atom stereocenters. The van der Waals surface area contributed by atoms with Crippen LogP contribution in [-0.2, 0) is 12.8 Å². The highest BCUT2D eigenvalue weighted by Gasteiger charge is 2.11. The van der Waals surface area contributed by atoms with E-state index in [-0.39, 0.29) is 0 Å². The number of thiophene rings is 2. The zero-order valence-electron chi connectivity index (χ0n) is 15.7. The summed E-state index contributed by atoms with van der Waals surface area (Å²) in [5.74, 6) is 0. The second-order valence-corrected chi connectivity index (χ2v) is 9.26. The van der Waals surface area contributed by atoms with Crippen LogP contribution in [0.1, 0.15) is 81.2 Å². The molecule has 0 amide bonds. The molecule has 2 aromatic rings. The van der Waals surface area contributed by atoms with Crippen LogP contribution < -0.4 is 0 Å². The zero-order valence-corrected chi connectivity index (χ0v) is 18.9. The summed E-state index contributed by atoms with van der Waals surface area (Å²) >= 11 is 7.31. The molecule has 2 rings (SSSR count). The molecule has 0 N–H and O–H groups in total. The highest BCUT2D eigenvalue weighted by molar-refractivity contribution is 9.11. The fourth-order valence-corrected chi connectivity index (χ4v) is 5.69. The second-order valence-electron chi connectivity index (χ2n) is 6.73. The summed E-state index contributed by atoms with van der Waals surface area (Å²) in [5.41, 5.74) is 3.04. The molecule has 0 aliphatic rings. The monoisotopic (exact) mass is 438 g/mol. The molecule has 0 fully saturated rings. The highest BCUT2D eigenvalue weighted by atomic mass is 79.9. The van der Waals surface area contributed by atoms with Gasteiger partial charge in [0.15, 0.2) is 0 Å². The largest absolute Gasteiger partial charge is 0.143 e. The normalized spacial score (nSPS) is 11.6. The molecule has 138 valence electrons. The summed E-state index contributed by atoms with van der Waals surface area (Å²) in [5, 5.41) is 2.36. The summed E-state index contributed by atoms with van der Waals surface area (Å²) in [4.78, 5) is 6.29. The van der Waals surface area contributed by atoms with Gasteiger partial charge in [-0.05, 0) is 65.4 Å². The smallest absolute Gasteiger partial charge is 0.0451 e. The van der Waals surface area contributed by atoms with Crippen LogP contribution in [0.5, 0.6) is 0 Å². The van der Waals surface area contributed by atoms with Crippen LogP contribution in [0.2, 0.25) is 0 Å². The van der Waals surface area contributed by atoms with Gasteiger partial charge >= 0.3 is 0 Å². The molecule has 0 unspecified atom stereocenters. The van der Waals surface area contributed by atoms with Crippen molar-refractivity contribution < 1.29 is 0 Å². The van der Waals surface area contributed by atoms with E-state index < -0.39 is 0 Å². The first kappa shape index (κ1) is 20.9. The summed E-state index contributed by atoms with van der Waals surface area (Å²) in [7, 11) is 0. The average molecular weight is 440 g/mol. The molecule has 0 saturated heterocycles. The van der Waals surface area contributed by atoms with E-state index in [0.717, 1.165) is 0 Å². The van der Waals surface area contributed by atoms with Gasteiger partial charge in [-0.15, -0.1) is 22.7 Å². The Bertz CT molecular complexity index is 636. The van der Waals surface area contributed by atoms with Crippen LogP contribution in [0.25, 0.3) is 15.8 Å². The van der Waals surface area contributed by atoms with Crippen LogP contribution in [0.15, 0.2) is 22.5 Å². The molecule has 0 aliphatic carbocycles. The summed E-state index contributed by atoms with van der Waals surface area (Å²) in [6.45, 7) is 4.55. The standard InChI is InChI=1S/C22H31BrS2/c1-3-5-7-9-11-18-15-21(24-17-18)22-16-19(12-10-8-6-4-2)20(25-22)13-14-23/h13-17H,3-12H2,1-2H3/b14-13+. The van der Waals surface area contributed by atoms with E-state index in [1.165, 1.54) is 90.0 Å². The fourth-order valence-electron chi connectivity index (χ4n) is 3.09. The molecule has 0 saturated carbocycles. The SMILES string of the molecule is CCCCCCc1csc(-c2cc(CCCCCC)c(/C=C/Br)s2)c1. The van der Waals surface area contributed by atoms with Crippen LogP contribution in [0.3, 0.4) is 0 Å². The van der Waals surface area contributed by atoms with Crippen molar-refractivity contribution in [3.8, 4) is 9.75 Å².